The quantitative estimate of drug-likeness (QED) is 0.279. The third-order valence-corrected chi connectivity index (χ3v) is 5.74. The number of hydrogen-bond acceptors (Lipinski definition) is 4. The van der Waals surface area contributed by atoms with Crippen LogP contribution in [0.5, 0.6) is 11.5 Å². The van der Waals surface area contributed by atoms with E-state index in [-0.39, 0.29) is 28.7 Å². The lowest BCUT2D eigenvalue weighted by Gasteiger charge is -2.18. The highest BCUT2D eigenvalue weighted by atomic mass is 127. The third kappa shape index (κ3) is 9.95. The maximum Gasteiger partial charge on any atom is 0.191 e. The van der Waals surface area contributed by atoms with Crippen LogP contribution in [-0.2, 0) is 17.2 Å². The molecular formula is C20H36IN3O3S. The topological polar surface area (TPSA) is 72.0 Å². The molecule has 1 atom stereocenters. The summed E-state index contributed by atoms with van der Waals surface area (Å²) < 4.78 is 23.2. The van der Waals surface area contributed by atoms with Crippen molar-refractivity contribution in [3.8, 4) is 11.5 Å². The summed E-state index contributed by atoms with van der Waals surface area (Å²) in [6.45, 7) is 12.5. The van der Waals surface area contributed by atoms with Crippen molar-refractivity contribution in [2.24, 2.45) is 4.99 Å². The van der Waals surface area contributed by atoms with Crippen molar-refractivity contribution in [1.82, 2.24) is 10.6 Å². The first-order valence-electron chi connectivity index (χ1n) is 9.53. The molecule has 0 radical (unpaired) electrons. The molecule has 0 fully saturated rings. The fourth-order valence-corrected chi connectivity index (χ4v) is 3.27. The molecule has 0 spiro atoms. The predicted octanol–water partition coefficient (Wildman–Crippen LogP) is 3.36. The molecule has 0 saturated carbocycles. The Morgan fingerprint density at radius 3 is 2.25 bits per heavy atom. The van der Waals surface area contributed by atoms with Gasteiger partial charge < -0.3 is 20.1 Å². The van der Waals surface area contributed by atoms with Crippen LogP contribution in [0.3, 0.4) is 0 Å². The Bertz CT molecular complexity index is 634. The van der Waals surface area contributed by atoms with E-state index < -0.39 is 10.8 Å². The number of halogens is 1. The summed E-state index contributed by atoms with van der Waals surface area (Å²) in [4.78, 5) is 4.21. The molecule has 0 heterocycles. The first kappa shape index (κ1) is 27.0. The third-order valence-electron chi connectivity index (χ3n) is 3.80. The largest absolute Gasteiger partial charge is 0.490 e. The van der Waals surface area contributed by atoms with Gasteiger partial charge in [-0.05, 0) is 58.7 Å². The lowest BCUT2D eigenvalue weighted by Crippen LogP contribution is -2.41. The van der Waals surface area contributed by atoms with Crippen LogP contribution < -0.4 is 20.1 Å². The first-order chi connectivity index (χ1) is 12.8. The van der Waals surface area contributed by atoms with Crippen LogP contribution in [0.15, 0.2) is 23.2 Å². The molecule has 6 nitrogen and oxygen atoms in total. The lowest BCUT2D eigenvalue weighted by atomic mass is 10.1. The molecule has 0 amide bonds. The minimum Gasteiger partial charge on any atom is -0.490 e. The average molecular weight is 525 g/mol. The molecule has 1 aromatic carbocycles. The summed E-state index contributed by atoms with van der Waals surface area (Å²) in [5, 5.41) is 6.51. The van der Waals surface area contributed by atoms with E-state index >= 15 is 0 Å². The van der Waals surface area contributed by atoms with Crippen molar-refractivity contribution in [2.75, 3.05) is 39.1 Å². The molecule has 2 N–H and O–H groups in total. The zero-order valence-corrected chi connectivity index (χ0v) is 21.1. The highest BCUT2D eigenvalue weighted by molar-refractivity contribution is 14.0. The van der Waals surface area contributed by atoms with Crippen LogP contribution >= 0.6 is 24.0 Å². The lowest BCUT2D eigenvalue weighted by molar-refractivity contribution is 0.287. The van der Waals surface area contributed by atoms with Gasteiger partial charge in [0.05, 0.1) is 13.2 Å². The molecule has 0 aliphatic carbocycles. The number of nitrogens with zero attached hydrogens (tertiary/aromatic N) is 1. The molecule has 8 heteroatoms. The SMILES string of the molecule is CCOc1ccc(CCNC(=NC)NCCS(=O)C(C)(C)C)cc1OCC.I. The second kappa shape index (κ2) is 14.0. The minimum atomic E-state index is -0.871. The van der Waals surface area contributed by atoms with Gasteiger partial charge in [-0.25, -0.2) is 0 Å². The van der Waals surface area contributed by atoms with Crippen LogP contribution in [-0.4, -0.2) is 54.0 Å². The monoisotopic (exact) mass is 525 g/mol. The van der Waals surface area contributed by atoms with E-state index in [1.165, 1.54) is 5.56 Å². The zero-order chi connectivity index (χ0) is 20.3. The molecule has 1 rings (SSSR count). The Kier molecular flexibility index (Phi) is 13.5. The average Bonchev–Trinajstić information content (AvgIpc) is 2.61. The van der Waals surface area contributed by atoms with E-state index in [0.29, 0.717) is 25.5 Å². The van der Waals surface area contributed by atoms with Gasteiger partial charge in [-0.3, -0.25) is 9.20 Å². The Hall–Kier alpha value is -1.03. The van der Waals surface area contributed by atoms with E-state index in [1.54, 1.807) is 7.05 Å². The predicted molar refractivity (Wildman–Crippen MR) is 130 cm³/mol. The highest BCUT2D eigenvalue weighted by Gasteiger charge is 2.18. The van der Waals surface area contributed by atoms with Crippen LogP contribution in [0.25, 0.3) is 0 Å². The van der Waals surface area contributed by atoms with Gasteiger partial charge in [0, 0.05) is 41.4 Å². The molecule has 0 aliphatic rings. The standard InChI is InChI=1S/C20H35N3O3S.HI/c1-7-25-17-10-9-16(15-18(17)26-8-2)11-12-22-19(21-6)23-13-14-27(24)20(3,4)5;/h9-10,15H,7-8,11-14H2,1-6H3,(H2,21,22,23);1H. The van der Waals surface area contributed by atoms with Crippen LogP contribution in [0.2, 0.25) is 0 Å². The van der Waals surface area contributed by atoms with E-state index in [2.05, 4.69) is 21.7 Å². The first-order valence-corrected chi connectivity index (χ1v) is 10.8. The van der Waals surface area contributed by atoms with Gasteiger partial charge in [-0.1, -0.05) is 6.07 Å². The fourth-order valence-electron chi connectivity index (χ4n) is 2.37. The number of nitrogens with one attached hydrogen (secondary N) is 2. The van der Waals surface area contributed by atoms with Crippen LogP contribution in [0.4, 0.5) is 0 Å². The number of ether oxygens (including phenoxy) is 2. The smallest absolute Gasteiger partial charge is 0.191 e. The molecule has 1 unspecified atom stereocenters. The van der Waals surface area contributed by atoms with Gasteiger partial charge in [0.1, 0.15) is 0 Å². The second-order valence-electron chi connectivity index (χ2n) is 6.98. The molecule has 0 aromatic heterocycles. The number of rotatable bonds is 10. The molecule has 28 heavy (non-hydrogen) atoms. The number of benzene rings is 1. The van der Waals surface area contributed by atoms with Gasteiger partial charge in [0.15, 0.2) is 17.5 Å². The summed E-state index contributed by atoms with van der Waals surface area (Å²) in [5.74, 6) is 2.88. The van der Waals surface area contributed by atoms with Crippen molar-refractivity contribution in [3.63, 3.8) is 0 Å². The normalized spacial score (nSPS) is 12.7. The summed E-state index contributed by atoms with van der Waals surface area (Å²) in [6.07, 6.45) is 0.834. The van der Waals surface area contributed by atoms with E-state index in [9.17, 15) is 4.21 Å². The fraction of sp³-hybridized carbons (Fsp3) is 0.650. The molecule has 0 aliphatic heterocycles. The minimum absolute atomic E-state index is 0. The number of aliphatic imine (C=N–C) groups is 1. The molecule has 0 saturated heterocycles. The van der Waals surface area contributed by atoms with Crippen molar-refractivity contribution < 1.29 is 13.7 Å². The summed E-state index contributed by atoms with van der Waals surface area (Å²) in [6, 6.07) is 6.04. The zero-order valence-electron chi connectivity index (χ0n) is 18.0. The van der Waals surface area contributed by atoms with E-state index in [4.69, 9.17) is 9.47 Å². The van der Waals surface area contributed by atoms with E-state index in [1.807, 2.05) is 46.8 Å². The maximum atomic E-state index is 12.1. The Balaban J connectivity index is 0.00000729. The molecular weight excluding hydrogens is 489 g/mol. The Morgan fingerprint density at radius 1 is 1.07 bits per heavy atom. The van der Waals surface area contributed by atoms with Gasteiger partial charge in [-0.2, -0.15) is 0 Å². The second-order valence-corrected chi connectivity index (χ2v) is 9.31. The highest BCUT2D eigenvalue weighted by Crippen LogP contribution is 2.28. The summed E-state index contributed by atoms with van der Waals surface area (Å²) >= 11 is 0. The van der Waals surface area contributed by atoms with Crippen molar-refractivity contribution in [2.45, 2.75) is 45.8 Å². The van der Waals surface area contributed by atoms with Gasteiger partial charge in [0.2, 0.25) is 0 Å². The summed E-state index contributed by atoms with van der Waals surface area (Å²) in [5.41, 5.74) is 1.17. The maximum absolute atomic E-state index is 12.1. The summed E-state index contributed by atoms with van der Waals surface area (Å²) in [7, 11) is 0.865. The van der Waals surface area contributed by atoms with Crippen molar-refractivity contribution in [3.05, 3.63) is 23.8 Å². The van der Waals surface area contributed by atoms with Crippen LogP contribution in [0, 0.1) is 0 Å². The van der Waals surface area contributed by atoms with Gasteiger partial charge in [-0.15, -0.1) is 24.0 Å². The molecule has 162 valence electrons. The van der Waals surface area contributed by atoms with E-state index in [0.717, 1.165) is 30.4 Å². The Labute approximate surface area is 189 Å². The van der Waals surface area contributed by atoms with Crippen LogP contribution in [0.1, 0.15) is 40.2 Å². The Morgan fingerprint density at radius 2 is 1.68 bits per heavy atom. The number of hydrogen-bond donors (Lipinski definition) is 2. The van der Waals surface area contributed by atoms with Gasteiger partial charge >= 0.3 is 0 Å². The molecule has 1 aromatic rings. The van der Waals surface area contributed by atoms with Crippen molar-refractivity contribution >= 4 is 40.7 Å². The van der Waals surface area contributed by atoms with Crippen molar-refractivity contribution in [1.29, 1.82) is 0 Å². The number of guanidine groups is 1. The molecule has 0 bridgehead atoms. The van der Waals surface area contributed by atoms with Gasteiger partial charge in [0.25, 0.3) is 0 Å².